The van der Waals surface area contributed by atoms with Crippen molar-refractivity contribution in [3.05, 3.63) is 29.7 Å². The number of cyclic esters (lactones) is 2. The van der Waals surface area contributed by atoms with Gasteiger partial charge in [0.25, 0.3) is 0 Å². The zero-order valence-corrected chi connectivity index (χ0v) is 9.22. The fourth-order valence-electron chi connectivity index (χ4n) is 1.23. The van der Waals surface area contributed by atoms with E-state index in [1.165, 1.54) is 6.20 Å². The highest BCUT2D eigenvalue weighted by Crippen LogP contribution is 2.18. The molecule has 90 valence electrons. The van der Waals surface area contributed by atoms with Crippen LogP contribution in [-0.4, -0.2) is 28.2 Å². The molecule has 1 aromatic rings. The Balaban J connectivity index is 2.01. The lowest BCUT2D eigenvalue weighted by atomic mass is 10.3. The van der Waals surface area contributed by atoms with Gasteiger partial charge >= 0.3 is 12.1 Å². The van der Waals surface area contributed by atoms with Crippen molar-refractivity contribution < 1.29 is 23.8 Å². The molecule has 1 aromatic heterocycles. The first-order valence-electron chi connectivity index (χ1n) is 4.87. The highest BCUT2D eigenvalue weighted by molar-refractivity contribution is 5.87. The Bertz CT molecular complexity index is 491. The maximum atomic E-state index is 11.5. The average Bonchev–Trinajstić information content (AvgIpc) is 2.82. The van der Waals surface area contributed by atoms with Crippen molar-refractivity contribution in [3.63, 3.8) is 0 Å². The lowest BCUT2D eigenvalue weighted by molar-refractivity contribution is 0.0644. The molecule has 7 heteroatoms. The summed E-state index contributed by atoms with van der Waals surface area (Å²) in [6.45, 7) is 3.31. The molecule has 1 aliphatic heterocycles. The van der Waals surface area contributed by atoms with Crippen LogP contribution in [0.25, 0.3) is 0 Å². The van der Waals surface area contributed by atoms with E-state index >= 15 is 0 Å². The van der Waals surface area contributed by atoms with Crippen LogP contribution in [0.2, 0.25) is 0 Å². The minimum Gasteiger partial charge on any atom is -0.426 e. The van der Waals surface area contributed by atoms with Crippen LogP contribution in [0.4, 0.5) is 4.79 Å². The average molecular weight is 238 g/mol. The summed E-state index contributed by atoms with van der Waals surface area (Å²) < 4.78 is 14.2. The molecule has 0 aliphatic carbocycles. The standard InChI is InChI=1S/C10H10N2O5/c1-5-8(17-10(14)16-5)4-15-9(13)7-3-11-6(2)12-7/h3-5H,1-2H3,(H,11,12). The molecule has 1 saturated heterocycles. The summed E-state index contributed by atoms with van der Waals surface area (Å²) in [5, 5.41) is 0. The maximum Gasteiger partial charge on any atom is 0.514 e. The molecule has 1 N–H and O–H groups in total. The number of hydrogen-bond donors (Lipinski definition) is 1. The number of nitrogens with one attached hydrogen (secondary N) is 1. The van der Waals surface area contributed by atoms with Gasteiger partial charge < -0.3 is 19.2 Å². The first-order valence-corrected chi connectivity index (χ1v) is 4.87. The fraction of sp³-hybridized carbons (Fsp3) is 0.300. The third-order valence-electron chi connectivity index (χ3n) is 2.08. The second-order valence-electron chi connectivity index (χ2n) is 3.42. The van der Waals surface area contributed by atoms with Gasteiger partial charge in [-0.1, -0.05) is 0 Å². The number of rotatable bonds is 2. The third kappa shape index (κ3) is 2.44. The smallest absolute Gasteiger partial charge is 0.426 e. The monoisotopic (exact) mass is 238 g/mol. The zero-order chi connectivity index (χ0) is 12.4. The van der Waals surface area contributed by atoms with E-state index in [0.717, 1.165) is 6.26 Å². The highest BCUT2D eigenvalue weighted by atomic mass is 16.8. The fourth-order valence-corrected chi connectivity index (χ4v) is 1.23. The molecule has 0 radical (unpaired) electrons. The van der Waals surface area contributed by atoms with E-state index in [1.807, 2.05) is 0 Å². The number of carbonyl (C=O) groups excluding carboxylic acids is 2. The number of hydrogen-bond acceptors (Lipinski definition) is 6. The Morgan fingerprint density at radius 3 is 2.94 bits per heavy atom. The predicted molar refractivity (Wildman–Crippen MR) is 53.9 cm³/mol. The van der Waals surface area contributed by atoms with Crippen LogP contribution in [0.3, 0.4) is 0 Å². The lowest BCUT2D eigenvalue weighted by Gasteiger charge is -1.99. The lowest BCUT2D eigenvalue weighted by Crippen LogP contribution is -2.05. The summed E-state index contributed by atoms with van der Waals surface area (Å²) in [7, 11) is 0. The van der Waals surface area contributed by atoms with Gasteiger partial charge in [0.2, 0.25) is 0 Å². The second kappa shape index (κ2) is 4.28. The first kappa shape index (κ1) is 11.2. The number of esters is 1. The molecule has 1 atom stereocenters. The van der Waals surface area contributed by atoms with Crippen molar-refractivity contribution in [1.29, 1.82) is 0 Å². The van der Waals surface area contributed by atoms with E-state index < -0.39 is 18.2 Å². The number of imidazole rings is 1. The van der Waals surface area contributed by atoms with Crippen molar-refractivity contribution in [2.24, 2.45) is 0 Å². The van der Waals surface area contributed by atoms with Crippen LogP contribution in [-0.2, 0) is 14.2 Å². The minimum atomic E-state index is -0.808. The van der Waals surface area contributed by atoms with Gasteiger partial charge in [-0.05, 0) is 13.8 Å². The van der Waals surface area contributed by atoms with E-state index in [1.54, 1.807) is 13.8 Å². The number of aryl methyl sites for hydroxylation is 1. The number of aromatic nitrogens is 2. The van der Waals surface area contributed by atoms with E-state index in [-0.39, 0.29) is 11.5 Å². The molecule has 7 nitrogen and oxygen atoms in total. The van der Waals surface area contributed by atoms with Crippen molar-refractivity contribution in [3.8, 4) is 0 Å². The summed E-state index contributed by atoms with van der Waals surface area (Å²) in [6.07, 6.45) is 1.04. The number of aromatic amines is 1. The molecule has 0 saturated carbocycles. The van der Waals surface area contributed by atoms with Crippen molar-refractivity contribution in [2.45, 2.75) is 20.0 Å². The van der Waals surface area contributed by atoms with Crippen LogP contribution < -0.4 is 0 Å². The molecular weight excluding hydrogens is 228 g/mol. The normalized spacial score (nSPS) is 21.2. The van der Waals surface area contributed by atoms with E-state index in [4.69, 9.17) is 4.74 Å². The van der Waals surface area contributed by atoms with Gasteiger partial charge in [0.1, 0.15) is 17.8 Å². The molecule has 0 aromatic carbocycles. The SMILES string of the molecule is Cc1ncc(C(=O)OC=C2OC(=O)OC2C)[nH]1. The first-order chi connectivity index (χ1) is 8.06. The number of carbonyl (C=O) groups is 2. The van der Waals surface area contributed by atoms with Gasteiger partial charge in [-0.25, -0.2) is 14.6 Å². The number of nitrogens with zero attached hydrogens (tertiary/aromatic N) is 1. The van der Waals surface area contributed by atoms with Crippen LogP contribution in [0.15, 0.2) is 18.2 Å². The molecule has 1 unspecified atom stereocenters. The molecular formula is C10H10N2O5. The number of ether oxygens (including phenoxy) is 3. The Morgan fingerprint density at radius 1 is 1.65 bits per heavy atom. The summed E-state index contributed by atoms with van der Waals surface area (Å²) in [6, 6.07) is 0. The largest absolute Gasteiger partial charge is 0.514 e. The third-order valence-corrected chi connectivity index (χ3v) is 2.08. The maximum absolute atomic E-state index is 11.5. The van der Waals surface area contributed by atoms with Gasteiger partial charge in [-0.2, -0.15) is 0 Å². The Labute approximate surface area is 96.4 Å². The number of H-pyrrole nitrogens is 1. The van der Waals surface area contributed by atoms with Crippen molar-refractivity contribution in [1.82, 2.24) is 9.97 Å². The molecule has 0 amide bonds. The molecule has 17 heavy (non-hydrogen) atoms. The molecule has 2 rings (SSSR count). The summed E-state index contributed by atoms with van der Waals surface area (Å²) >= 11 is 0. The van der Waals surface area contributed by atoms with Gasteiger partial charge in [0.15, 0.2) is 11.9 Å². The summed E-state index contributed by atoms with van der Waals surface area (Å²) in [4.78, 5) is 28.8. The van der Waals surface area contributed by atoms with E-state index in [9.17, 15) is 9.59 Å². The Hall–Kier alpha value is -2.31. The minimum absolute atomic E-state index is 0.152. The van der Waals surface area contributed by atoms with E-state index in [2.05, 4.69) is 19.4 Å². The molecule has 0 spiro atoms. The quantitative estimate of drug-likeness (QED) is 0.616. The molecule has 1 fully saturated rings. The summed E-state index contributed by atoms with van der Waals surface area (Å²) in [5.74, 6) is 0.140. The predicted octanol–water partition coefficient (Wildman–Crippen LogP) is 1.27. The van der Waals surface area contributed by atoms with Gasteiger partial charge in [0.05, 0.1) is 6.20 Å². The highest BCUT2D eigenvalue weighted by Gasteiger charge is 2.28. The topological polar surface area (TPSA) is 90.5 Å². The van der Waals surface area contributed by atoms with Gasteiger partial charge in [-0.15, -0.1) is 0 Å². The van der Waals surface area contributed by atoms with E-state index in [0.29, 0.717) is 5.82 Å². The van der Waals surface area contributed by atoms with Crippen molar-refractivity contribution in [2.75, 3.05) is 0 Å². The van der Waals surface area contributed by atoms with Gasteiger partial charge in [-0.3, -0.25) is 0 Å². The Kier molecular flexibility index (Phi) is 2.82. The molecule has 1 aliphatic rings. The van der Waals surface area contributed by atoms with Gasteiger partial charge in [0, 0.05) is 0 Å². The van der Waals surface area contributed by atoms with Crippen LogP contribution >= 0.6 is 0 Å². The van der Waals surface area contributed by atoms with Crippen molar-refractivity contribution >= 4 is 12.1 Å². The Morgan fingerprint density at radius 2 is 2.41 bits per heavy atom. The van der Waals surface area contributed by atoms with Crippen LogP contribution in [0.1, 0.15) is 23.2 Å². The second-order valence-corrected chi connectivity index (χ2v) is 3.42. The van der Waals surface area contributed by atoms with Crippen LogP contribution in [0, 0.1) is 6.92 Å². The zero-order valence-electron chi connectivity index (χ0n) is 9.22. The molecule has 0 bridgehead atoms. The van der Waals surface area contributed by atoms with Crippen LogP contribution in [0.5, 0.6) is 0 Å². The molecule has 2 heterocycles. The summed E-state index contributed by atoms with van der Waals surface area (Å²) in [5.41, 5.74) is 0.220.